The minimum absolute atomic E-state index is 0.616. The standard InChI is InChI=1S/C49H29N3O/c1-3-12-30(13-4-1)33-25-27-43-42(28-33)46-38(22-11-23-44(46)53-43)35-18-7-8-19-40(35)49-51-47(32-14-5-2-6-15-32)50-48(52-49)34-24-26-36-37-20-9-16-31-17-10-21-39(45(31)37)41(36)29-34/h1-29H. The van der Waals surface area contributed by atoms with Gasteiger partial charge in [-0.05, 0) is 79.5 Å². The quantitative estimate of drug-likeness (QED) is 0.182. The van der Waals surface area contributed by atoms with Crippen LogP contribution in [-0.4, -0.2) is 15.0 Å². The van der Waals surface area contributed by atoms with Crippen molar-refractivity contribution < 1.29 is 4.42 Å². The molecule has 10 aromatic rings. The average Bonchev–Trinajstić information content (AvgIpc) is 3.77. The van der Waals surface area contributed by atoms with Crippen molar-refractivity contribution in [3.8, 4) is 78.7 Å². The maximum Gasteiger partial charge on any atom is 0.164 e. The molecular weight excluding hydrogens is 647 g/mol. The van der Waals surface area contributed by atoms with Gasteiger partial charge >= 0.3 is 0 Å². The molecule has 0 aliphatic heterocycles. The summed E-state index contributed by atoms with van der Waals surface area (Å²) in [7, 11) is 0. The number of benzene rings is 8. The third-order valence-electron chi connectivity index (χ3n) is 10.5. The highest BCUT2D eigenvalue weighted by Gasteiger charge is 2.23. The molecular formula is C49H29N3O. The largest absolute Gasteiger partial charge is 0.456 e. The molecule has 0 amide bonds. The van der Waals surface area contributed by atoms with Crippen molar-refractivity contribution in [1.82, 2.24) is 15.0 Å². The second-order valence-electron chi connectivity index (χ2n) is 13.5. The number of hydrogen-bond acceptors (Lipinski definition) is 4. The van der Waals surface area contributed by atoms with E-state index in [9.17, 15) is 0 Å². The lowest BCUT2D eigenvalue weighted by Crippen LogP contribution is -2.01. The topological polar surface area (TPSA) is 51.8 Å². The van der Waals surface area contributed by atoms with Crippen LogP contribution in [0.5, 0.6) is 0 Å². The molecule has 0 saturated heterocycles. The van der Waals surface area contributed by atoms with Crippen LogP contribution in [0.25, 0.3) is 111 Å². The Labute approximate surface area is 305 Å². The zero-order chi connectivity index (χ0) is 34.9. The van der Waals surface area contributed by atoms with Crippen LogP contribution in [0, 0.1) is 0 Å². The number of rotatable bonds is 5. The van der Waals surface area contributed by atoms with E-state index in [2.05, 4.69) is 146 Å². The van der Waals surface area contributed by atoms with Gasteiger partial charge in [-0.3, -0.25) is 0 Å². The fourth-order valence-electron chi connectivity index (χ4n) is 8.05. The first-order valence-corrected chi connectivity index (χ1v) is 17.9. The molecule has 53 heavy (non-hydrogen) atoms. The van der Waals surface area contributed by atoms with Gasteiger partial charge in [0.25, 0.3) is 0 Å². The molecule has 1 aliphatic rings. The van der Waals surface area contributed by atoms with Gasteiger partial charge in [-0.15, -0.1) is 0 Å². The number of hydrogen-bond donors (Lipinski definition) is 0. The van der Waals surface area contributed by atoms with Gasteiger partial charge in [-0.25, -0.2) is 15.0 Å². The minimum atomic E-state index is 0.616. The summed E-state index contributed by atoms with van der Waals surface area (Å²) in [6, 6.07) is 61.5. The molecule has 0 bridgehead atoms. The summed E-state index contributed by atoms with van der Waals surface area (Å²) in [4.78, 5) is 15.5. The van der Waals surface area contributed by atoms with Crippen LogP contribution in [0.1, 0.15) is 0 Å². The Kier molecular flexibility index (Phi) is 6.52. The molecule has 0 radical (unpaired) electrons. The van der Waals surface area contributed by atoms with Crippen LogP contribution in [0.4, 0.5) is 0 Å². The smallest absolute Gasteiger partial charge is 0.164 e. The van der Waals surface area contributed by atoms with Crippen LogP contribution in [0.2, 0.25) is 0 Å². The Morgan fingerprint density at radius 2 is 0.868 bits per heavy atom. The van der Waals surface area contributed by atoms with Crippen molar-refractivity contribution >= 4 is 32.7 Å². The normalized spacial score (nSPS) is 11.8. The van der Waals surface area contributed by atoms with E-state index in [-0.39, 0.29) is 0 Å². The van der Waals surface area contributed by atoms with Gasteiger partial charge in [-0.1, -0.05) is 152 Å². The van der Waals surface area contributed by atoms with Gasteiger partial charge in [0.05, 0.1) is 0 Å². The van der Waals surface area contributed by atoms with Gasteiger partial charge in [0.15, 0.2) is 17.5 Å². The lowest BCUT2D eigenvalue weighted by molar-refractivity contribution is 0.669. The molecule has 2 heterocycles. The third-order valence-corrected chi connectivity index (χ3v) is 10.5. The molecule has 1 aliphatic carbocycles. The first-order chi connectivity index (χ1) is 26.3. The SMILES string of the molecule is c1ccc(-c2ccc3oc4cccc(-c5ccccc5-c5nc(-c6ccccc6)nc(-c6ccc7c(c6)-c6cccc8cccc-7c68)n5)c4c3c2)cc1. The Bertz CT molecular complexity index is 3050. The zero-order valence-corrected chi connectivity index (χ0v) is 28.5. The maximum absolute atomic E-state index is 6.44. The summed E-state index contributed by atoms with van der Waals surface area (Å²) >= 11 is 0. The molecule has 2 aromatic heterocycles. The summed E-state index contributed by atoms with van der Waals surface area (Å²) < 4.78 is 6.44. The van der Waals surface area contributed by atoms with Gasteiger partial charge in [0, 0.05) is 27.5 Å². The summed E-state index contributed by atoms with van der Waals surface area (Å²) in [6.07, 6.45) is 0. The lowest BCUT2D eigenvalue weighted by Gasteiger charge is -2.13. The molecule has 4 heteroatoms. The van der Waals surface area contributed by atoms with Crippen molar-refractivity contribution in [2.45, 2.75) is 0 Å². The molecule has 246 valence electrons. The van der Waals surface area contributed by atoms with Crippen LogP contribution in [-0.2, 0) is 0 Å². The lowest BCUT2D eigenvalue weighted by atomic mass is 9.94. The summed E-state index contributed by atoms with van der Waals surface area (Å²) in [6.45, 7) is 0. The molecule has 11 rings (SSSR count). The Balaban J connectivity index is 1.11. The third kappa shape index (κ3) is 4.73. The average molecular weight is 676 g/mol. The molecule has 0 spiro atoms. The van der Waals surface area contributed by atoms with Crippen molar-refractivity contribution in [1.29, 1.82) is 0 Å². The number of nitrogens with zero attached hydrogens (tertiary/aromatic N) is 3. The van der Waals surface area contributed by atoms with Crippen LogP contribution < -0.4 is 0 Å². The zero-order valence-electron chi connectivity index (χ0n) is 28.5. The minimum Gasteiger partial charge on any atom is -0.456 e. The number of fused-ring (bicyclic) bond motifs is 6. The van der Waals surface area contributed by atoms with Crippen molar-refractivity contribution in [2.75, 3.05) is 0 Å². The Morgan fingerprint density at radius 3 is 1.64 bits per heavy atom. The van der Waals surface area contributed by atoms with E-state index < -0.39 is 0 Å². The second-order valence-corrected chi connectivity index (χ2v) is 13.5. The summed E-state index contributed by atoms with van der Waals surface area (Å²) in [5.41, 5.74) is 13.9. The highest BCUT2D eigenvalue weighted by atomic mass is 16.3. The van der Waals surface area contributed by atoms with E-state index in [1.165, 1.54) is 38.6 Å². The number of furan rings is 1. The van der Waals surface area contributed by atoms with Crippen molar-refractivity contribution in [3.05, 3.63) is 176 Å². The molecule has 4 nitrogen and oxygen atoms in total. The first kappa shape index (κ1) is 29.5. The molecule has 8 aromatic carbocycles. The monoisotopic (exact) mass is 675 g/mol. The Hall–Kier alpha value is -7.17. The van der Waals surface area contributed by atoms with Crippen LogP contribution >= 0.6 is 0 Å². The molecule has 0 N–H and O–H groups in total. The van der Waals surface area contributed by atoms with Gasteiger partial charge in [-0.2, -0.15) is 0 Å². The van der Waals surface area contributed by atoms with Gasteiger partial charge < -0.3 is 4.42 Å². The van der Waals surface area contributed by atoms with E-state index in [4.69, 9.17) is 19.4 Å². The van der Waals surface area contributed by atoms with Gasteiger partial charge in [0.2, 0.25) is 0 Å². The second kappa shape index (κ2) is 11.7. The van der Waals surface area contributed by atoms with E-state index in [0.29, 0.717) is 17.5 Å². The fraction of sp³-hybridized carbons (Fsp3) is 0. The van der Waals surface area contributed by atoms with E-state index in [1.54, 1.807) is 0 Å². The van der Waals surface area contributed by atoms with E-state index in [1.807, 2.05) is 30.3 Å². The fourth-order valence-corrected chi connectivity index (χ4v) is 8.05. The molecule has 0 fully saturated rings. The molecule has 0 unspecified atom stereocenters. The van der Waals surface area contributed by atoms with Crippen LogP contribution in [0.3, 0.4) is 0 Å². The van der Waals surface area contributed by atoms with E-state index in [0.717, 1.165) is 55.3 Å². The van der Waals surface area contributed by atoms with Crippen molar-refractivity contribution in [2.24, 2.45) is 0 Å². The molecule has 0 atom stereocenters. The van der Waals surface area contributed by atoms with E-state index >= 15 is 0 Å². The van der Waals surface area contributed by atoms with Crippen molar-refractivity contribution in [3.63, 3.8) is 0 Å². The predicted molar refractivity (Wildman–Crippen MR) is 216 cm³/mol. The highest BCUT2D eigenvalue weighted by Crippen LogP contribution is 2.48. The first-order valence-electron chi connectivity index (χ1n) is 17.9. The maximum atomic E-state index is 6.44. The highest BCUT2D eigenvalue weighted by molar-refractivity contribution is 6.16. The van der Waals surface area contributed by atoms with Crippen LogP contribution in [0.15, 0.2) is 180 Å². The Morgan fingerprint density at radius 1 is 0.302 bits per heavy atom. The summed E-state index contributed by atoms with van der Waals surface area (Å²) in [5, 5.41) is 4.69. The van der Waals surface area contributed by atoms with Gasteiger partial charge in [0.1, 0.15) is 11.2 Å². The summed E-state index contributed by atoms with van der Waals surface area (Å²) in [5.74, 6) is 1.88. The number of aromatic nitrogens is 3. The molecule has 0 saturated carbocycles. The predicted octanol–water partition coefficient (Wildman–Crippen LogP) is 12.9.